The van der Waals surface area contributed by atoms with Gasteiger partial charge in [-0.2, -0.15) is 0 Å². The molecule has 1 aliphatic carbocycles. The van der Waals surface area contributed by atoms with Crippen LogP contribution < -0.4 is 11.1 Å². The molecule has 0 aromatic carbocycles. The van der Waals surface area contributed by atoms with Gasteiger partial charge >= 0.3 is 0 Å². The Morgan fingerprint density at radius 1 is 1.00 bits per heavy atom. The van der Waals surface area contributed by atoms with Crippen LogP contribution in [0.4, 0.5) is 5.82 Å². The zero-order valence-corrected chi connectivity index (χ0v) is 18.6. The SMILES string of the molecule is NC1CCC(Cc2cc(-c3nc(NCC4CCOCC4)cnc3Cl)c(Cl)cn2)CC1. The molecule has 0 radical (unpaired) electrons. The number of halogens is 2. The predicted molar refractivity (Wildman–Crippen MR) is 121 cm³/mol. The molecule has 0 spiro atoms. The molecule has 30 heavy (non-hydrogen) atoms. The van der Waals surface area contributed by atoms with Crippen molar-refractivity contribution in [3.05, 3.63) is 34.3 Å². The van der Waals surface area contributed by atoms with Crippen molar-refractivity contribution >= 4 is 29.0 Å². The minimum atomic E-state index is 0.342. The average molecular weight is 450 g/mol. The third-order valence-corrected chi connectivity index (χ3v) is 6.77. The molecule has 4 rings (SSSR count). The first kappa shape index (κ1) is 21.8. The molecule has 1 saturated carbocycles. The van der Waals surface area contributed by atoms with Crippen LogP contribution in [0.25, 0.3) is 11.3 Å². The minimum absolute atomic E-state index is 0.342. The summed E-state index contributed by atoms with van der Waals surface area (Å²) in [6.45, 7) is 2.50. The third kappa shape index (κ3) is 5.61. The van der Waals surface area contributed by atoms with E-state index in [4.69, 9.17) is 38.7 Å². The van der Waals surface area contributed by atoms with Crippen molar-refractivity contribution in [2.45, 2.75) is 51.0 Å². The second-order valence-electron chi connectivity index (χ2n) is 8.47. The molecule has 0 bridgehead atoms. The zero-order chi connectivity index (χ0) is 20.9. The largest absolute Gasteiger partial charge is 0.381 e. The highest BCUT2D eigenvalue weighted by Crippen LogP contribution is 2.33. The van der Waals surface area contributed by atoms with Crippen molar-refractivity contribution in [3.63, 3.8) is 0 Å². The number of anilines is 1. The topological polar surface area (TPSA) is 86.0 Å². The molecule has 3 heterocycles. The van der Waals surface area contributed by atoms with Crippen molar-refractivity contribution in [2.75, 3.05) is 25.1 Å². The van der Waals surface area contributed by atoms with Crippen LogP contribution in [0.5, 0.6) is 0 Å². The van der Waals surface area contributed by atoms with Gasteiger partial charge < -0.3 is 15.8 Å². The first-order valence-corrected chi connectivity index (χ1v) is 11.6. The molecule has 2 aliphatic rings. The fraction of sp³-hybridized carbons (Fsp3) is 0.591. The van der Waals surface area contributed by atoms with Gasteiger partial charge in [0.05, 0.1) is 11.2 Å². The molecule has 6 nitrogen and oxygen atoms in total. The number of nitrogens with two attached hydrogens (primary N) is 1. The molecule has 2 fully saturated rings. The summed E-state index contributed by atoms with van der Waals surface area (Å²) in [6.07, 6.45) is 10.9. The van der Waals surface area contributed by atoms with Crippen molar-refractivity contribution in [3.8, 4) is 11.3 Å². The Bertz CT molecular complexity index is 851. The molecule has 0 atom stereocenters. The molecule has 0 unspecified atom stereocenters. The van der Waals surface area contributed by atoms with E-state index >= 15 is 0 Å². The van der Waals surface area contributed by atoms with Gasteiger partial charge in [0.15, 0.2) is 5.15 Å². The fourth-order valence-electron chi connectivity index (χ4n) is 4.29. The van der Waals surface area contributed by atoms with Crippen molar-refractivity contribution in [1.29, 1.82) is 0 Å². The predicted octanol–water partition coefficient (Wildman–Crippen LogP) is 4.74. The van der Waals surface area contributed by atoms with E-state index in [2.05, 4.69) is 15.3 Å². The number of aromatic nitrogens is 3. The fourth-order valence-corrected chi connectivity index (χ4v) is 4.68. The molecule has 3 N–H and O–H groups in total. The highest BCUT2D eigenvalue weighted by atomic mass is 35.5. The van der Waals surface area contributed by atoms with Crippen LogP contribution in [0.3, 0.4) is 0 Å². The van der Waals surface area contributed by atoms with Gasteiger partial charge in [-0.15, -0.1) is 0 Å². The Balaban J connectivity index is 1.49. The zero-order valence-electron chi connectivity index (χ0n) is 17.1. The van der Waals surface area contributed by atoms with Crippen LogP contribution in [0.15, 0.2) is 18.5 Å². The molecule has 0 amide bonds. The first-order valence-electron chi connectivity index (χ1n) is 10.8. The van der Waals surface area contributed by atoms with Crippen LogP contribution in [-0.2, 0) is 11.2 Å². The maximum absolute atomic E-state index is 6.48. The number of hydrogen-bond donors (Lipinski definition) is 2. The summed E-state index contributed by atoms with van der Waals surface area (Å²) in [5.41, 5.74) is 8.42. The lowest BCUT2D eigenvalue weighted by molar-refractivity contribution is 0.0699. The lowest BCUT2D eigenvalue weighted by Gasteiger charge is -2.25. The number of nitrogens with zero attached hydrogens (tertiary/aromatic N) is 3. The van der Waals surface area contributed by atoms with Crippen LogP contribution in [0, 0.1) is 11.8 Å². The number of ether oxygens (including phenoxy) is 1. The third-order valence-electron chi connectivity index (χ3n) is 6.20. The molecule has 8 heteroatoms. The van der Waals surface area contributed by atoms with E-state index < -0.39 is 0 Å². The maximum Gasteiger partial charge on any atom is 0.155 e. The Labute approximate surface area is 187 Å². The summed E-state index contributed by atoms with van der Waals surface area (Å²) in [4.78, 5) is 13.6. The van der Waals surface area contributed by atoms with Gasteiger partial charge in [-0.3, -0.25) is 4.98 Å². The van der Waals surface area contributed by atoms with E-state index in [0.29, 0.717) is 39.6 Å². The highest BCUT2D eigenvalue weighted by Gasteiger charge is 2.21. The van der Waals surface area contributed by atoms with E-state index in [1.807, 2.05) is 6.07 Å². The summed E-state index contributed by atoms with van der Waals surface area (Å²) >= 11 is 12.9. The van der Waals surface area contributed by atoms with E-state index in [1.54, 1.807) is 12.4 Å². The van der Waals surface area contributed by atoms with Crippen LogP contribution in [-0.4, -0.2) is 40.8 Å². The maximum atomic E-state index is 6.48. The summed E-state index contributed by atoms with van der Waals surface area (Å²) < 4.78 is 5.43. The monoisotopic (exact) mass is 449 g/mol. The van der Waals surface area contributed by atoms with Crippen LogP contribution in [0.1, 0.15) is 44.2 Å². The second kappa shape index (κ2) is 10.2. The summed E-state index contributed by atoms with van der Waals surface area (Å²) in [7, 11) is 0. The Morgan fingerprint density at radius 2 is 1.77 bits per heavy atom. The summed E-state index contributed by atoms with van der Waals surface area (Å²) in [6, 6.07) is 2.36. The van der Waals surface area contributed by atoms with E-state index in [-0.39, 0.29) is 0 Å². The molecular weight excluding hydrogens is 421 g/mol. The second-order valence-corrected chi connectivity index (χ2v) is 9.24. The Morgan fingerprint density at radius 3 is 2.53 bits per heavy atom. The standard InChI is InChI=1S/C22H29Cl2N5O/c23-19-12-26-17(9-14-1-3-16(25)4-2-14)10-18(19)21-22(24)28-13-20(29-21)27-11-15-5-7-30-8-6-15/h10,12-16H,1-9,11,25H2,(H,27,29). The summed E-state index contributed by atoms with van der Waals surface area (Å²) in [5.74, 6) is 1.90. The minimum Gasteiger partial charge on any atom is -0.381 e. The van der Waals surface area contributed by atoms with Gasteiger partial charge in [-0.05, 0) is 62.8 Å². The van der Waals surface area contributed by atoms with E-state index in [1.165, 1.54) is 0 Å². The molecule has 2 aromatic rings. The molecular formula is C22H29Cl2N5O. The quantitative estimate of drug-likeness (QED) is 0.661. The lowest BCUT2D eigenvalue weighted by Crippen LogP contribution is -2.27. The molecule has 1 saturated heterocycles. The lowest BCUT2D eigenvalue weighted by atomic mass is 9.83. The van der Waals surface area contributed by atoms with E-state index in [0.717, 1.165) is 76.0 Å². The highest BCUT2D eigenvalue weighted by molar-refractivity contribution is 6.35. The van der Waals surface area contributed by atoms with Gasteiger partial charge in [0.25, 0.3) is 0 Å². The number of hydrogen-bond acceptors (Lipinski definition) is 6. The van der Waals surface area contributed by atoms with Gasteiger partial charge in [0.2, 0.25) is 0 Å². The number of rotatable bonds is 6. The number of pyridine rings is 1. The average Bonchev–Trinajstić information content (AvgIpc) is 2.77. The van der Waals surface area contributed by atoms with E-state index in [9.17, 15) is 0 Å². The van der Waals surface area contributed by atoms with Crippen molar-refractivity contribution in [1.82, 2.24) is 15.0 Å². The van der Waals surface area contributed by atoms with Gasteiger partial charge in [0, 0.05) is 43.3 Å². The normalized spacial score (nSPS) is 22.8. The smallest absolute Gasteiger partial charge is 0.155 e. The molecule has 1 aliphatic heterocycles. The van der Waals surface area contributed by atoms with Crippen molar-refractivity contribution < 1.29 is 4.74 Å². The van der Waals surface area contributed by atoms with Gasteiger partial charge in [-0.1, -0.05) is 23.2 Å². The van der Waals surface area contributed by atoms with Crippen LogP contribution in [0.2, 0.25) is 10.2 Å². The Hall–Kier alpha value is -1.47. The number of nitrogens with one attached hydrogen (secondary N) is 1. The first-order chi connectivity index (χ1) is 14.6. The van der Waals surface area contributed by atoms with Crippen LogP contribution >= 0.6 is 23.2 Å². The van der Waals surface area contributed by atoms with Crippen molar-refractivity contribution in [2.24, 2.45) is 17.6 Å². The summed E-state index contributed by atoms with van der Waals surface area (Å²) in [5, 5.41) is 4.27. The molecule has 162 valence electrons. The molecule has 2 aromatic heterocycles. The van der Waals surface area contributed by atoms with Gasteiger partial charge in [0.1, 0.15) is 11.5 Å². The Kier molecular flexibility index (Phi) is 7.41. The van der Waals surface area contributed by atoms with Gasteiger partial charge in [-0.25, -0.2) is 9.97 Å².